The van der Waals surface area contributed by atoms with E-state index in [-0.39, 0.29) is 24.2 Å². The largest absolute Gasteiger partial charge is 0.415 e. The Morgan fingerprint density at radius 3 is 2.46 bits per heavy atom. The molecule has 2 atom stereocenters. The third-order valence-electron chi connectivity index (χ3n) is 12.3. The lowest BCUT2D eigenvalue weighted by Gasteiger charge is -2.42. The molecule has 9 heteroatoms. The van der Waals surface area contributed by atoms with Crippen molar-refractivity contribution in [2.45, 2.75) is 83.2 Å². The van der Waals surface area contributed by atoms with Gasteiger partial charge >= 0.3 is 6.09 Å². The van der Waals surface area contributed by atoms with Crippen molar-refractivity contribution in [3.63, 3.8) is 0 Å². The van der Waals surface area contributed by atoms with Crippen LogP contribution in [0.1, 0.15) is 74.6 Å². The number of carbonyl (C=O) groups is 3. The van der Waals surface area contributed by atoms with Crippen LogP contribution in [-0.2, 0) is 22.6 Å². The second kappa shape index (κ2) is 18.1. The molecular formula is C45H56N4O4S. The van der Waals surface area contributed by atoms with E-state index in [0.717, 1.165) is 73.8 Å². The summed E-state index contributed by atoms with van der Waals surface area (Å²) in [5.41, 5.74) is 7.69. The lowest BCUT2D eigenvalue weighted by atomic mass is 9.68. The number of amides is 2. The van der Waals surface area contributed by atoms with E-state index in [4.69, 9.17) is 10.5 Å². The van der Waals surface area contributed by atoms with E-state index in [9.17, 15) is 14.4 Å². The first-order valence-corrected chi connectivity index (χ1v) is 21.0. The highest BCUT2D eigenvalue weighted by Gasteiger charge is 2.43. The Morgan fingerprint density at radius 1 is 0.870 bits per heavy atom. The van der Waals surface area contributed by atoms with Crippen molar-refractivity contribution in [1.82, 2.24) is 14.7 Å². The highest BCUT2D eigenvalue weighted by molar-refractivity contribution is 7.09. The number of rotatable bonds is 14. The predicted octanol–water partition coefficient (Wildman–Crippen LogP) is 8.33. The minimum atomic E-state index is -0.702. The molecule has 3 fully saturated rings. The average molecular weight is 749 g/mol. The summed E-state index contributed by atoms with van der Waals surface area (Å²) in [4.78, 5) is 49.7. The van der Waals surface area contributed by atoms with Crippen LogP contribution < -0.4 is 10.5 Å². The number of thiophene rings is 1. The third-order valence-corrected chi connectivity index (χ3v) is 13.3. The van der Waals surface area contributed by atoms with Crippen molar-refractivity contribution >= 4 is 39.9 Å². The number of likely N-dealkylation sites (tertiary alicyclic amines) is 1. The maximum Gasteiger partial charge on any atom is 0.415 e. The van der Waals surface area contributed by atoms with Crippen LogP contribution in [0.25, 0.3) is 10.8 Å². The second-order valence-electron chi connectivity index (χ2n) is 16.0. The molecule has 1 saturated carbocycles. The molecule has 0 bridgehead atoms. The van der Waals surface area contributed by atoms with Crippen LogP contribution >= 0.6 is 11.3 Å². The van der Waals surface area contributed by atoms with Crippen LogP contribution in [0.15, 0.2) is 90.3 Å². The van der Waals surface area contributed by atoms with Crippen LogP contribution in [0.4, 0.5) is 4.79 Å². The summed E-state index contributed by atoms with van der Waals surface area (Å²) in [7, 11) is 0. The molecule has 3 aromatic carbocycles. The summed E-state index contributed by atoms with van der Waals surface area (Å²) in [6, 6.07) is 27.6. The molecule has 1 aromatic heterocycles. The zero-order valence-electron chi connectivity index (χ0n) is 31.6. The Balaban J connectivity index is 1.02. The third kappa shape index (κ3) is 9.42. The number of unbranched alkanes of at least 4 members (excludes halogenated alkanes) is 1. The predicted molar refractivity (Wildman–Crippen MR) is 216 cm³/mol. The molecule has 3 heterocycles. The summed E-state index contributed by atoms with van der Waals surface area (Å²) >= 11 is 1.64. The van der Waals surface area contributed by atoms with Gasteiger partial charge in [0, 0.05) is 48.8 Å². The number of ketones is 1. The lowest BCUT2D eigenvalue weighted by Crippen LogP contribution is -2.60. The summed E-state index contributed by atoms with van der Waals surface area (Å²) < 4.78 is 5.96. The molecule has 54 heavy (non-hydrogen) atoms. The number of carbonyl (C=O) groups excluding carboxylic acids is 3. The van der Waals surface area contributed by atoms with Crippen molar-refractivity contribution < 1.29 is 19.1 Å². The van der Waals surface area contributed by atoms with Crippen molar-refractivity contribution in [1.29, 1.82) is 0 Å². The van der Waals surface area contributed by atoms with Gasteiger partial charge < -0.3 is 20.3 Å². The molecule has 286 valence electrons. The van der Waals surface area contributed by atoms with E-state index in [1.54, 1.807) is 22.3 Å². The Hall–Kier alpha value is -4.05. The van der Waals surface area contributed by atoms with Gasteiger partial charge in [-0.15, -0.1) is 11.3 Å². The minimum Gasteiger partial charge on any atom is -0.410 e. The van der Waals surface area contributed by atoms with Gasteiger partial charge in [0.15, 0.2) is 5.78 Å². The highest BCUT2D eigenvalue weighted by Crippen LogP contribution is 2.47. The van der Waals surface area contributed by atoms with Crippen molar-refractivity contribution in [3.05, 3.63) is 101 Å². The smallest absolute Gasteiger partial charge is 0.410 e. The van der Waals surface area contributed by atoms with Gasteiger partial charge in [0.05, 0.1) is 6.54 Å². The number of hydrogen-bond donors (Lipinski definition) is 1. The number of nitrogens with zero attached hydrogens (tertiary/aromatic N) is 3. The van der Waals surface area contributed by atoms with Gasteiger partial charge in [-0.1, -0.05) is 79.2 Å². The zero-order chi connectivity index (χ0) is 37.3. The molecule has 7 rings (SSSR count). The number of fused-ring (bicyclic) bond motifs is 1. The summed E-state index contributed by atoms with van der Waals surface area (Å²) in [5.74, 6) is 0.902. The molecule has 1 spiro atoms. The van der Waals surface area contributed by atoms with Crippen LogP contribution in [0.3, 0.4) is 0 Å². The molecule has 1 aliphatic carbocycles. The molecular weight excluding hydrogens is 693 g/mol. The number of piperazine rings is 1. The molecule has 2 amide bonds. The summed E-state index contributed by atoms with van der Waals surface area (Å²) in [5, 5.41) is 3.87. The fourth-order valence-electron chi connectivity index (χ4n) is 9.25. The van der Waals surface area contributed by atoms with Gasteiger partial charge in [-0.2, -0.15) is 0 Å². The van der Waals surface area contributed by atoms with Crippen LogP contribution in [0.5, 0.6) is 5.75 Å². The van der Waals surface area contributed by atoms with Crippen molar-refractivity contribution in [2.75, 3.05) is 39.3 Å². The van der Waals surface area contributed by atoms with Gasteiger partial charge in [0.2, 0.25) is 5.91 Å². The fourth-order valence-corrected chi connectivity index (χ4v) is 9.96. The first kappa shape index (κ1) is 38.2. The van der Waals surface area contributed by atoms with Crippen molar-refractivity contribution in [3.8, 4) is 5.75 Å². The van der Waals surface area contributed by atoms with Gasteiger partial charge in [0.1, 0.15) is 11.8 Å². The molecule has 2 saturated heterocycles. The van der Waals surface area contributed by atoms with Gasteiger partial charge in [0.25, 0.3) is 0 Å². The molecule has 4 aromatic rings. The van der Waals surface area contributed by atoms with E-state index in [1.807, 2.05) is 58.8 Å². The van der Waals surface area contributed by atoms with E-state index >= 15 is 0 Å². The minimum absolute atomic E-state index is 0.000942. The van der Waals surface area contributed by atoms with Crippen LogP contribution in [0, 0.1) is 17.3 Å². The van der Waals surface area contributed by atoms with Crippen LogP contribution in [-0.4, -0.2) is 77.8 Å². The maximum atomic E-state index is 14.7. The first-order valence-electron chi connectivity index (χ1n) is 20.2. The SMILES string of the molecule is NCCCC[C@@H](CC1CCC2(CC1)CCN(Cc1ccccc1)C2)C(=O)N1CCN(C(=O)Oc2cccc3ccccc23)C[C@H]1C(=O)CCc1cccs1. The summed E-state index contributed by atoms with van der Waals surface area (Å²) in [6.07, 6.45) is 9.86. The lowest BCUT2D eigenvalue weighted by molar-refractivity contribution is -0.146. The van der Waals surface area contributed by atoms with E-state index in [1.165, 1.54) is 24.8 Å². The molecule has 0 unspecified atom stereocenters. The van der Waals surface area contributed by atoms with E-state index in [0.29, 0.717) is 49.6 Å². The Bertz CT molecular complexity index is 1840. The highest BCUT2D eigenvalue weighted by atomic mass is 32.1. The number of nitrogens with two attached hydrogens (primary N) is 1. The number of hydrogen-bond acceptors (Lipinski definition) is 7. The number of ether oxygens (including phenoxy) is 1. The Kier molecular flexibility index (Phi) is 12.8. The second-order valence-corrected chi connectivity index (χ2v) is 17.0. The zero-order valence-corrected chi connectivity index (χ0v) is 32.4. The Morgan fingerprint density at radius 2 is 1.67 bits per heavy atom. The summed E-state index contributed by atoms with van der Waals surface area (Å²) in [6.45, 7) is 4.72. The van der Waals surface area contributed by atoms with E-state index in [2.05, 4.69) is 35.2 Å². The van der Waals surface area contributed by atoms with Gasteiger partial charge in [-0.25, -0.2) is 4.79 Å². The fraction of sp³-hybridized carbons (Fsp3) is 0.489. The first-order chi connectivity index (χ1) is 26.4. The molecule has 0 radical (unpaired) electrons. The van der Waals surface area contributed by atoms with Gasteiger partial charge in [-0.05, 0) is 111 Å². The Labute approximate surface area is 324 Å². The van der Waals surface area contributed by atoms with Gasteiger partial charge in [-0.3, -0.25) is 14.5 Å². The maximum absolute atomic E-state index is 14.7. The molecule has 3 aliphatic rings. The standard InChI is InChI=1S/C45H56N4O4S/c46-25-7-6-13-37(30-34-20-22-45(23-21-34)24-26-47(33-45)31-35-10-2-1-3-11-35)43(51)49-28-27-48(32-40(49)41(50)19-18-38-15-9-29-54-38)44(52)53-42-17-8-14-36-12-4-5-16-39(36)42/h1-5,8-12,14-17,29,34,37,40H,6-7,13,18-28,30-33,46H2/t34?,37-,40-,45?/m0/s1. The topological polar surface area (TPSA) is 96.2 Å². The quantitative estimate of drug-likeness (QED) is 0.130. The number of benzene rings is 3. The normalized spacial score (nSPS) is 22.5. The molecule has 2 aliphatic heterocycles. The monoisotopic (exact) mass is 748 g/mol. The number of aryl methyl sites for hydroxylation is 1. The van der Waals surface area contributed by atoms with E-state index < -0.39 is 12.1 Å². The van der Waals surface area contributed by atoms with Crippen LogP contribution in [0.2, 0.25) is 0 Å². The molecule has 2 N–H and O–H groups in total. The average Bonchev–Trinajstić information content (AvgIpc) is 3.88. The number of Topliss-reactive ketones (excluding diaryl/α,β-unsaturated/α-hetero) is 1. The molecule has 8 nitrogen and oxygen atoms in total. The van der Waals surface area contributed by atoms with Crippen molar-refractivity contribution in [2.24, 2.45) is 23.0 Å².